The topological polar surface area (TPSA) is 53.8 Å². The van der Waals surface area contributed by atoms with Gasteiger partial charge in [-0.05, 0) is 29.8 Å². The zero-order valence-electron chi connectivity index (χ0n) is 10.5. The van der Waals surface area contributed by atoms with Crippen LogP contribution < -0.4 is 0 Å². The predicted molar refractivity (Wildman–Crippen MR) is 78.8 cm³/mol. The molecule has 20 heavy (non-hydrogen) atoms. The summed E-state index contributed by atoms with van der Waals surface area (Å²) in [5.41, 5.74) is 2.26. The van der Waals surface area contributed by atoms with E-state index in [1.165, 1.54) is 11.3 Å². The molecule has 0 aliphatic heterocycles. The van der Waals surface area contributed by atoms with Gasteiger partial charge < -0.3 is 0 Å². The molecule has 1 aromatic heterocycles. The first-order valence-corrected chi connectivity index (χ1v) is 6.96. The number of carbonyl (C=O) groups is 1. The zero-order valence-corrected chi connectivity index (χ0v) is 11.4. The molecule has 96 valence electrons. The van der Waals surface area contributed by atoms with E-state index >= 15 is 0 Å². The SMILES string of the molecule is N#Cc1cccc(CC(=O)c2nc3ccccc3s2)c1. The van der Waals surface area contributed by atoms with Crippen molar-refractivity contribution in [1.82, 2.24) is 4.98 Å². The van der Waals surface area contributed by atoms with Crippen LogP contribution in [0.25, 0.3) is 10.2 Å². The number of hydrogen-bond acceptors (Lipinski definition) is 4. The summed E-state index contributed by atoms with van der Waals surface area (Å²) in [5, 5.41) is 9.39. The molecule has 1 heterocycles. The van der Waals surface area contributed by atoms with E-state index in [9.17, 15) is 4.79 Å². The van der Waals surface area contributed by atoms with E-state index in [-0.39, 0.29) is 12.2 Å². The van der Waals surface area contributed by atoms with E-state index < -0.39 is 0 Å². The van der Waals surface area contributed by atoms with Gasteiger partial charge in [0.05, 0.1) is 21.8 Å². The van der Waals surface area contributed by atoms with E-state index in [0.29, 0.717) is 10.6 Å². The highest BCUT2D eigenvalue weighted by molar-refractivity contribution is 7.20. The molecule has 0 saturated heterocycles. The third kappa shape index (κ3) is 2.44. The fourth-order valence-corrected chi connectivity index (χ4v) is 2.91. The Balaban J connectivity index is 1.87. The minimum atomic E-state index is -0.0127. The highest BCUT2D eigenvalue weighted by Gasteiger charge is 2.12. The van der Waals surface area contributed by atoms with Crippen molar-refractivity contribution in [2.75, 3.05) is 0 Å². The van der Waals surface area contributed by atoms with Crippen LogP contribution in [0, 0.1) is 11.3 Å². The Hall–Kier alpha value is -2.51. The molecule has 3 aromatic rings. The molecular weight excluding hydrogens is 268 g/mol. The predicted octanol–water partition coefficient (Wildman–Crippen LogP) is 3.59. The molecule has 0 saturated carbocycles. The average molecular weight is 278 g/mol. The van der Waals surface area contributed by atoms with Crippen molar-refractivity contribution < 1.29 is 4.79 Å². The Kier molecular flexibility index (Phi) is 3.28. The van der Waals surface area contributed by atoms with Gasteiger partial charge in [-0.25, -0.2) is 4.98 Å². The van der Waals surface area contributed by atoms with Crippen LogP contribution >= 0.6 is 11.3 Å². The number of aromatic nitrogens is 1. The van der Waals surface area contributed by atoms with Crippen LogP contribution in [0.2, 0.25) is 0 Å². The molecule has 4 heteroatoms. The van der Waals surface area contributed by atoms with Gasteiger partial charge in [-0.2, -0.15) is 5.26 Å². The van der Waals surface area contributed by atoms with Gasteiger partial charge in [0.25, 0.3) is 0 Å². The molecule has 0 atom stereocenters. The molecule has 3 rings (SSSR count). The Morgan fingerprint density at radius 3 is 2.85 bits per heavy atom. The standard InChI is InChI=1S/C16H10N2OS/c17-10-12-5-3-4-11(8-12)9-14(19)16-18-13-6-1-2-7-15(13)20-16/h1-8H,9H2. The normalized spacial score (nSPS) is 10.3. The molecular formula is C16H10N2OS. The van der Waals surface area contributed by atoms with Crippen molar-refractivity contribution in [3.63, 3.8) is 0 Å². The smallest absolute Gasteiger partial charge is 0.195 e. The number of benzene rings is 2. The number of fused-ring (bicyclic) bond motifs is 1. The van der Waals surface area contributed by atoms with E-state index in [1.54, 1.807) is 18.2 Å². The second kappa shape index (κ2) is 5.24. The van der Waals surface area contributed by atoms with Crippen LogP contribution in [0.3, 0.4) is 0 Å². The number of carbonyl (C=O) groups excluding carboxylic acids is 1. The van der Waals surface area contributed by atoms with Gasteiger partial charge in [0.1, 0.15) is 0 Å². The molecule has 0 fully saturated rings. The summed E-state index contributed by atoms with van der Waals surface area (Å²) in [4.78, 5) is 16.6. The number of thiazole rings is 1. The summed E-state index contributed by atoms with van der Waals surface area (Å²) >= 11 is 1.41. The summed E-state index contributed by atoms with van der Waals surface area (Å²) in [6, 6.07) is 16.9. The van der Waals surface area contributed by atoms with E-state index in [1.807, 2.05) is 30.3 Å². The summed E-state index contributed by atoms with van der Waals surface area (Å²) in [7, 11) is 0. The van der Waals surface area contributed by atoms with Crippen LogP contribution in [0.4, 0.5) is 0 Å². The molecule has 0 aliphatic carbocycles. The Morgan fingerprint density at radius 2 is 2.05 bits per heavy atom. The third-order valence-electron chi connectivity index (χ3n) is 2.95. The first-order valence-electron chi connectivity index (χ1n) is 6.14. The minimum Gasteiger partial charge on any atom is -0.291 e. The van der Waals surface area contributed by atoms with Crippen molar-refractivity contribution in [1.29, 1.82) is 5.26 Å². The number of para-hydroxylation sites is 1. The van der Waals surface area contributed by atoms with Crippen molar-refractivity contribution >= 4 is 27.3 Å². The highest BCUT2D eigenvalue weighted by Crippen LogP contribution is 2.22. The van der Waals surface area contributed by atoms with Crippen LogP contribution in [0.15, 0.2) is 48.5 Å². The quantitative estimate of drug-likeness (QED) is 0.688. The molecule has 0 unspecified atom stereocenters. The maximum atomic E-state index is 12.2. The maximum Gasteiger partial charge on any atom is 0.195 e. The lowest BCUT2D eigenvalue weighted by Crippen LogP contribution is -2.02. The second-order valence-corrected chi connectivity index (χ2v) is 5.43. The van der Waals surface area contributed by atoms with E-state index in [4.69, 9.17) is 5.26 Å². The molecule has 3 nitrogen and oxygen atoms in total. The van der Waals surface area contributed by atoms with Crippen molar-refractivity contribution in [3.05, 3.63) is 64.7 Å². The van der Waals surface area contributed by atoms with Crippen LogP contribution in [0.5, 0.6) is 0 Å². The summed E-state index contributed by atoms with van der Waals surface area (Å²) < 4.78 is 1.02. The monoisotopic (exact) mass is 278 g/mol. The fraction of sp³-hybridized carbons (Fsp3) is 0.0625. The fourth-order valence-electron chi connectivity index (χ4n) is 2.00. The third-order valence-corrected chi connectivity index (χ3v) is 4.03. The number of nitrogens with zero attached hydrogens (tertiary/aromatic N) is 2. The largest absolute Gasteiger partial charge is 0.291 e. The maximum absolute atomic E-state index is 12.2. The number of ketones is 1. The molecule has 0 spiro atoms. The van der Waals surface area contributed by atoms with Crippen molar-refractivity contribution in [2.45, 2.75) is 6.42 Å². The molecule has 0 radical (unpaired) electrons. The number of Topliss-reactive ketones (excluding diaryl/α,β-unsaturated/α-hetero) is 1. The van der Waals surface area contributed by atoms with Gasteiger partial charge in [-0.3, -0.25) is 4.79 Å². The molecule has 0 bridgehead atoms. The molecule has 0 aliphatic rings. The first-order chi connectivity index (χ1) is 9.76. The van der Waals surface area contributed by atoms with Gasteiger partial charge in [0.15, 0.2) is 10.8 Å². The van der Waals surface area contributed by atoms with Gasteiger partial charge in [0.2, 0.25) is 0 Å². The van der Waals surface area contributed by atoms with Crippen LogP contribution in [-0.4, -0.2) is 10.8 Å². The van der Waals surface area contributed by atoms with Crippen LogP contribution in [-0.2, 0) is 6.42 Å². The molecule has 0 N–H and O–H groups in total. The lowest BCUT2D eigenvalue weighted by molar-refractivity contribution is 0.0993. The zero-order chi connectivity index (χ0) is 13.9. The number of hydrogen-bond donors (Lipinski definition) is 0. The van der Waals surface area contributed by atoms with Gasteiger partial charge in [-0.1, -0.05) is 24.3 Å². The molecule has 0 amide bonds. The van der Waals surface area contributed by atoms with Gasteiger partial charge in [-0.15, -0.1) is 11.3 Å². The summed E-state index contributed by atoms with van der Waals surface area (Å²) in [5.74, 6) is -0.0127. The Bertz CT molecular complexity index is 797. The highest BCUT2D eigenvalue weighted by atomic mass is 32.1. The van der Waals surface area contributed by atoms with Crippen molar-refractivity contribution in [3.8, 4) is 6.07 Å². The van der Waals surface area contributed by atoms with Gasteiger partial charge >= 0.3 is 0 Å². The Morgan fingerprint density at radius 1 is 1.20 bits per heavy atom. The molecule has 2 aromatic carbocycles. The van der Waals surface area contributed by atoms with E-state index in [2.05, 4.69) is 11.1 Å². The number of nitriles is 1. The lowest BCUT2D eigenvalue weighted by Gasteiger charge is -1.98. The summed E-state index contributed by atoms with van der Waals surface area (Å²) in [6.45, 7) is 0. The Labute approximate surface area is 120 Å². The van der Waals surface area contributed by atoms with E-state index in [0.717, 1.165) is 15.8 Å². The minimum absolute atomic E-state index is 0.0127. The van der Waals surface area contributed by atoms with Crippen molar-refractivity contribution in [2.24, 2.45) is 0 Å². The van der Waals surface area contributed by atoms with Crippen LogP contribution in [0.1, 0.15) is 20.9 Å². The van der Waals surface area contributed by atoms with Gasteiger partial charge in [0, 0.05) is 6.42 Å². The average Bonchev–Trinajstić information content (AvgIpc) is 2.91. The number of rotatable bonds is 3. The lowest BCUT2D eigenvalue weighted by atomic mass is 10.1. The summed E-state index contributed by atoms with van der Waals surface area (Å²) in [6.07, 6.45) is 0.273. The second-order valence-electron chi connectivity index (χ2n) is 4.40. The first kappa shape index (κ1) is 12.5.